The second kappa shape index (κ2) is 5.83. The van der Waals surface area contributed by atoms with Crippen LogP contribution in [0, 0.1) is 10.1 Å². The summed E-state index contributed by atoms with van der Waals surface area (Å²) < 4.78 is 1.49. The number of halogens is 1. The van der Waals surface area contributed by atoms with Gasteiger partial charge in [0.1, 0.15) is 5.69 Å². The molecule has 2 rings (SSSR count). The number of nitrogens with zero attached hydrogens (tertiary/aromatic N) is 3. The quantitative estimate of drug-likeness (QED) is 0.489. The SMILES string of the molecule is CN(C(=O)c1cc([N+](=O)[O-])cn1C)C1CCCCC1Cl. The fourth-order valence-corrected chi connectivity index (χ4v) is 3.14. The highest BCUT2D eigenvalue weighted by molar-refractivity contribution is 6.21. The van der Waals surface area contributed by atoms with Gasteiger partial charge in [-0.15, -0.1) is 11.6 Å². The molecule has 1 amide bonds. The minimum absolute atomic E-state index is 0.00753. The Labute approximate surface area is 122 Å². The summed E-state index contributed by atoms with van der Waals surface area (Å²) in [5, 5.41) is 10.7. The number of amides is 1. The first-order valence-corrected chi connectivity index (χ1v) is 7.07. The third-order valence-corrected chi connectivity index (χ3v) is 4.39. The predicted octanol–water partition coefficient (Wildman–Crippen LogP) is 2.56. The summed E-state index contributed by atoms with van der Waals surface area (Å²) >= 11 is 6.30. The van der Waals surface area contributed by atoms with Crippen LogP contribution in [0.1, 0.15) is 36.2 Å². The van der Waals surface area contributed by atoms with Crippen LogP contribution in [0.2, 0.25) is 0 Å². The average molecular weight is 300 g/mol. The Balaban J connectivity index is 2.19. The first-order valence-electron chi connectivity index (χ1n) is 6.63. The molecule has 2 unspecified atom stereocenters. The molecule has 1 fully saturated rings. The Morgan fingerprint density at radius 2 is 2.15 bits per heavy atom. The van der Waals surface area contributed by atoms with E-state index in [0.717, 1.165) is 25.7 Å². The Bertz CT molecular complexity index is 529. The van der Waals surface area contributed by atoms with E-state index in [2.05, 4.69) is 0 Å². The summed E-state index contributed by atoms with van der Waals surface area (Å²) in [6.07, 6.45) is 5.27. The number of alkyl halides is 1. The monoisotopic (exact) mass is 299 g/mol. The van der Waals surface area contributed by atoms with Crippen LogP contribution in [0.25, 0.3) is 0 Å². The number of hydrogen-bond acceptors (Lipinski definition) is 3. The molecule has 1 saturated carbocycles. The number of aryl methyl sites for hydroxylation is 1. The lowest BCUT2D eigenvalue weighted by molar-refractivity contribution is -0.384. The lowest BCUT2D eigenvalue weighted by Gasteiger charge is -2.34. The summed E-state index contributed by atoms with van der Waals surface area (Å²) in [6.45, 7) is 0. The van der Waals surface area contributed by atoms with Gasteiger partial charge >= 0.3 is 0 Å². The molecule has 1 aliphatic carbocycles. The van der Waals surface area contributed by atoms with Crippen LogP contribution in [0.15, 0.2) is 12.3 Å². The van der Waals surface area contributed by atoms with Crippen molar-refractivity contribution in [2.24, 2.45) is 7.05 Å². The number of nitro groups is 1. The molecule has 0 bridgehead atoms. The van der Waals surface area contributed by atoms with Gasteiger partial charge in [0.25, 0.3) is 11.6 Å². The standard InChI is InChI=1S/C13H18ClN3O3/c1-15-8-9(17(19)20)7-12(15)13(18)16(2)11-6-4-3-5-10(11)14/h7-8,10-11H,3-6H2,1-2H3. The minimum atomic E-state index is -0.498. The molecule has 1 aromatic rings. The normalized spacial score (nSPS) is 22.6. The number of aromatic nitrogens is 1. The molecule has 1 heterocycles. The average Bonchev–Trinajstić information content (AvgIpc) is 2.80. The van der Waals surface area contributed by atoms with Gasteiger partial charge in [-0.25, -0.2) is 0 Å². The van der Waals surface area contributed by atoms with Crippen molar-refractivity contribution in [3.05, 3.63) is 28.1 Å². The summed E-state index contributed by atoms with van der Waals surface area (Å²) in [4.78, 5) is 24.4. The molecule has 110 valence electrons. The maximum Gasteiger partial charge on any atom is 0.287 e. The molecule has 0 aliphatic heterocycles. The highest BCUT2D eigenvalue weighted by atomic mass is 35.5. The largest absolute Gasteiger partial charge is 0.340 e. The third-order valence-electron chi connectivity index (χ3n) is 3.89. The van der Waals surface area contributed by atoms with Crippen LogP contribution in [0.3, 0.4) is 0 Å². The molecular weight excluding hydrogens is 282 g/mol. The van der Waals surface area contributed by atoms with E-state index in [1.807, 2.05) is 0 Å². The van der Waals surface area contributed by atoms with Crippen LogP contribution in [-0.4, -0.2) is 38.8 Å². The summed E-state index contributed by atoms with van der Waals surface area (Å²) in [7, 11) is 3.35. The van der Waals surface area contributed by atoms with Crippen molar-refractivity contribution in [1.29, 1.82) is 0 Å². The van der Waals surface area contributed by atoms with E-state index < -0.39 is 4.92 Å². The van der Waals surface area contributed by atoms with Crippen molar-refractivity contribution in [2.45, 2.75) is 37.1 Å². The lowest BCUT2D eigenvalue weighted by atomic mass is 9.94. The van der Waals surface area contributed by atoms with Crippen molar-refractivity contribution in [3.63, 3.8) is 0 Å². The molecule has 0 N–H and O–H groups in total. The molecule has 0 spiro atoms. The Hall–Kier alpha value is -1.56. The van der Waals surface area contributed by atoms with E-state index in [4.69, 9.17) is 11.6 Å². The van der Waals surface area contributed by atoms with Crippen LogP contribution >= 0.6 is 11.6 Å². The second-order valence-corrected chi connectivity index (χ2v) is 5.80. The zero-order valence-electron chi connectivity index (χ0n) is 11.6. The smallest absolute Gasteiger partial charge is 0.287 e. The number of hydrogen-bond donors (Lipinski definition) is 0. The molecule has 7 heteroatoms. The number of rotatable bonds is 3. The Morgan fingerprint density at radius 3 is 2.70 bits per heavy atom. The van der Waals surface area contributed by atoms with Crippen molar-refractivity contribution < 1.29 is 9.72 Å². The van der Waals surface area contributed by atoms with Gasteiger partial charge in [-0.2, -0.15) is 0 Å². The second-order valence-electron chi connectivity index (χ2n) is 5.24. The first-order chi connectivity index (χ1) is 9.41. The summed E-state index contributed by atoms with van der Waals surface area (Å²) in [6, 6.07) is 1.30. The van der Waals surface area contributed by atoms with Gasteiger partial charge < -0.3 is 9.47 Å². The Morgan fingerprint density at radius 1 is 1.50 bits per heavy atom. The van der Waals surface area contributed by atoms with E-state index in [1.54, 1.807) is 19.0 Å². The van der Waals surface area contributed by atoms with Crippen LogP contribution in [0.4, 0.5) is 5.69 Å². The van der Waals surface area contributed by atoms with Crippen LogP contribution in [0.5, 0.6) is 0 Å². The van der Waals surface area contributed by atoms with Crippen molar-refractivity contribution in [3.8, 4) is 0 Å². The maximum atomic E-state index is 12.5. The molecule has 0 aromatic carbocycles. The van der Waals surface area contributed by atoms with E-state index >= 15 is 0 Å². The third kappa shape index (κ3) is 2.80. The number of carbonyl (C=O) groups is 1. The summed E-state index contributed by atoms with van der Waals surface area (Å²) in [5.74, 6) is -0.224. The highest BCUT2D eigenvalue weighted by Gasteiger charge is 2.31. The van der Waals surface area contributed by atoms with E-state index in [0.29, 0.717) is 5.69 Å². The fourth-order valence-electron chi connectivity index (χ4n) is 2.69. The molecule has 2 atom stereocenters. The number of carbonyl (C=O) groups excluding carboxylic acids is 1. The molecule has 0 radical (unpaired) electrons. The lowest BCUT2D eigenvalue weighted by Crippen LogP contribution is -2.44. The van der Waals surface area contributed by atoms with E-state index in [1.165, 1.54) is 16.8 Å². The molecule has 1 aromatic heterocycles. The van der Waals surface area contributed by atoms with Crippen molar-refractivity contribution >= 4 is 23.2 Å². The summed E-state index contributed by atoms with van der Waals surface area (Å²) in [5.41, 5.74) is 0.240. The Kier molecular flexibility index (Phi) is 4.32. The highest BCUT2D eigenvalue weighted by Crippen LogP contribution is 2.28. The maximum absolute atomic E-state index is 12.5. The van der Waals surface area contributed by atoms with Gasteiger partial charge in [0.15, 0.2) is 0 Å². The molecule has 1 aliphatic rings. The van der Waals surface area contributed by atoms with E-state index in [-0.39, 0.29) is 23.0 Å². The van der Waals surface area contributed by atoms with Crippen LogP contribution in [-0.2, 0) is 7.05 Å². The van der Waals surface area contributed by atoms with Crippen molar-refractivity contribution in [1.82, 2.24) is 9.47 Å². The molecule has 20 heavy (non-hydrogen) atoms. The fraction of sp³-hybridized carbons (Fsp3) is 0.615. The van der Waals surface area contributed by atoms with Gasteiger partial charge in [-0.3, -0.25) is 14.9 Å². The first kappa shape index (κ1) is 14.8. The van der Waals surface area contributed by atoms with Gasteiger partial charge in [-0.05, 0) is 12.8 Å². The zero-order valence-corrected chi connectivity index (χ0v) is 12.3. The van der Waals surface area contributed by atoms with Gasteiger partial charge in [0, 0.05) is 26.2 Å². The van der Waals surface area contributed by atoms with Crippen LogP contribution < -0.4 is 0 Å². The van der Waals surface area contributed by atoms with Gasteiger partial charge in [0.05, 0.1) is 16.5 Å². The van der Waals surface area contributed by atoms with Gasteiger partial charge in [0.2, 0.25) is 0 Å². The molecular formula is C13H18ClN3O3. The minimum Gasteiger partial charge on any atom is -0.340 e. The predicted molar refractivity (Wildman–Crippen MR) is 76.1 cm³/mol. The van der Waals surface area contributed by atoms with Gasteiger partial charge in [-0.1, -0.05) is 12.8 Å². The zero-order chi connectivity index (χ0) is 14.9. The molecule has 6 nitrogen and oxygen atoms in total. The van der Waals surface area contributed by atoms with Crippen molar-refractivity contribution in [2.75, 3.05) is 7.05 Å². The topological polar surface area (TPSA) is 68.4 Å². The van der Waals surface area contributed by atoms with E-state index in [9.17, 15) is 14.9 Å². The molecule has 0 saturated heterocycles.